The topological polar surface area (TPSA) is 60.9 Å². The number of nitrogens with zero attached hydrogens (tertiary/aromatic N) is 2. The first-order valence-corrected chi connectivity index (χ1v) is 8.12. The Bertz CT molecular complexity index is 452. The summed E-state index contributed by atoms with van der Waals surface area (Å²) < 4.78 is 0. The smallest absolute Gasteiger partial charge is 0.317 e. The Hall–Kier alpha value is -1.36. The molecule has 1 amide bonds. The van der Waals surface area contributed by atoms with E-state index < -0.39 is 5.97 Å². The van der Waals surface area contributed by atoms with Crippen LogP contribution >= 0.6 is 0 Å². The summed E-state index contributed by atoms with van der Waals surface area (Å²) in [4.78, 5) is 27.5. The first-order chi connectivity index (χ1) is 10.1. The van der Waals surface area contributed by atoms with E-state index >= 15 is 0 Å². The van der Waals surface area contributed by atoms with Crippen molar-refractivity contribution < 1.29 is 14.7 Å². The van der Waals surface area contributed by atoms with Crippen molar-refractivity contribution in [3.05, 3.63) is 11.8 Å². The molecule has 0 saturated heterocycles. The number of hydrogen-bond donors (Lipinski definition) is 1. The van der Waals surface area contributed by atoms with E-state index in [0.717, 1.165) is 44.9 Å². The average molecular weight is 292 g/mol. The van der Waals surface area contributed by atoms with Crippen molar-refractivity contribution in [2.24, 2.45) is 0 Å². The number of carbonyl (C=O) groups is 2. The van der Waals surface area contributed by atoms with Gasteiger partial charge in [0.05, 0.1) is 13.1 Å². The van der Waals surface area contributed by atoms with E-state index in [2.05, 4.69) is 6.08 Å². The predicted octanol–water partition coefficient (Wildman–Crippen LogP) is 1.98. The highest BCUT2D eigenvalue weighted by Gasteiger charge is 2.38. The minimum Gasteiger partial charge on any atom is -0.480 e. The summed E-state index contributed by atoms with van der Waals surface area (Å²) in [5, 5.41) is 9.00. The third-order valence-corrected chi connectivity index (χ3v) is 4.50. The van der Waals surface area contributed by atoms with Crippen molar-refractivity contribution in [2.75, 3.05) is 13.1 Å². The molecule has 5 heteroatoms. The highest BCUT2D eigenvalue weighted by Crippen LogP contribution is 2.34. The minimum atomic E-state index is -0.843. The Morgan fingerprint density at radius 3 is 2.33 bits per heavy atom. The normalized spacial score (nSPS) is 22.0. The van der Waals surface area contributed by atoms with Crippen LogP contribution < -0.4 is 0 Å². The van der Waals surface area contributed by atoms with E-state index in [0.29, 0.717) is 12.1 Å². The average Bonchev–Trinajstić information content (AvgIpc) is 3.32. The number of carbonyl (C=O) groups excluding carboxylic acids is 1. The van der Waals surface area contributed by atoms with Gasteiger partial charge in [0.15, 0.2) is 0 Å². The van der Waals surface area contributed by atoms with Crippen molar-refractivity contribution in [3.63, 3.8) is 0 Å². The largest absolute Gasteiger partial charge is 0.480 e. The quantitative estimate of drug-likeness (QED) is 0.779. The third-order valence-electron chi connectivity index (χ3n) is 4.50. The molecule has 0 bridgehead atoms. The van der Waals surface area contributed by atoms with Gasteiger partial charge < -0.3 is 10.0 Å². The second-order valence-electron chi connectivity index (χ2n) is 6.47. The fourth-order valence-electron chi connectivity index (χ4n) is 3.15. The van der Waals surface area contributed by atoms with Crippen molar-refractivity contribution >= 4 is 11.9 Å². The summed E-state index contributed by atoms with van der Waals surface area (Å²) in [7, 11) is 0. The number of carboxylic acids is 1. The molecule has 3 rings (SSSR count). The van der Waals surface area contributed by atoms with E-state index in [4.69, 9.17) is 5.11 Å². The van der Waals surface area contributed by atoms with Gasteiger partial charge in [-0.25, -0.2) is 0 Å². The maximum atomic E-state index is 12.7. The molecular weight excluding hydrogens is 268 g/mol. The van der Waals surface area contributed by atoms with Crippen LogP contribution in [-0.4, -0.2) is 52.0 Å². The van der Waals surface area contributed by atoms with Crippen molar-refractivity contribution in [1.29, 1.82) is 0 Å². The summed E-state index contributed by atoms with van der Waals surface area (Å²) in [6.07, 6.45) is 10.8. The molecule has 116 valence electrons. The van der Waals surface area contributed by atoms with Gasteiger partial charge in [0.1, 0.15) is 0 Å². The highest BCUT2D eigenvalue weighted by molar-refractivity contribution is 5.81. The van der Waals surface area contributed by atoms with Crippen molar-refractivity contribution in [2.45, 2.75) is 63.5 Å². The Morgan fingerprint density at radius 1 is 1.10 bits per heavy atom. The number of carboxylic acid groups (broad SMARTS) is 1. The number of amides is 1. The van der Waals surface area contributed by atoms with Gasteiger partial charge in [0.25, 0.3) is 0 Å². The molecule has 3 aliphatic carbocycles. The van der Waals surface area contributed by atoms with Crippen LogP contribution in [0.2, 0.25) is 0 Å². The van der Waals surface area contributed by atoms with Crippen LogP contribution in [0.4, 0.5) is 0 Å². The zero-order chi connectivity index (χ0) is 14.8. The zero-order valence-electron chi connectivity index (χ0n) is 12.5. The molecule has 3 aliphatic rings. The fourth-order valence-corrected chi connectivity index (χ4v) is 3.15. The van der Waals surface area contributed by atoms with Gasteiger partial charge in [-0.3, -0.25) is 14.5 Å². The summed E-state index contributed by atoms with van der Waals surface area (Å²) in [6, 6.07) is 0.666. The van der Waals surface area contributed by atoms with Gasteiger partial charge in [0.2, 0.25) is 5.91 Å². The summed E-state index contributed by atoms with van der Waals surface area (Å²) in [6.45, 7) is 0.235. The lowest BCUT2D eigenvalue weighted by atomic mass is 10.0. The number of hydrogen-bond acceptors (Lipinski definition) is 3. The molecule has 1 N–H and O–H groups in total. The second-order valence-corrected chi connectivity index (χ2v) is 6.47. The van der Waals surface area contributed by atoms with Crippen LogP contribution in [0, 0.1) is 0 Å². The molecule has 0 aromatic rings. The SMILES string of the molecule is O=C(O)CN(CC(=O)N(C1=CCCCC1)C1CC1)C1CC1. The van der Waals surface area contributed by atoms with Gasteiger partial charge >= 0.3 is 5.97 Å². The van der Waals surface area contributed by atoms with E-state index in [1.807, 2.05) is 9.80 Å². The molecule has 5 nitrogen and oxygen atoms in total. The molecule has 0 aromatic carbocycles. The lowest BCUT2D eigenvalue weighted by Crippen LogP contribution is -2.43. The summed E-state index contributed by atoms with van der Waals surface area (Å²) in [5.74, 6) is -0.747. The molecule has 2 saturated carbocycles. The van der Waals surface area contributed by atoms with Gasteiger partial charge in [-0.05, 0) is 51.4 Å². The van der Waals surface area contributed by atoms with Gasteiger partial charge in [-0.15, -0.1) is 0 Å². The fraction of sp³-hybridized carbons (Fsp3) is 0.750. The molecule has 0 aromatic heterocycles. The van der Waals surface area contributed by atoms with Crippen LogP contribution in [0.25, 0.3) is 0 Å². The summed E-state index contributed by atoms with van der Waals surface area (Å²) in [5.41, 5.74) is 1.18. The monoisotopic (exact) mass is 292 g/mol. The maximum Gasteiger partial charge on any atom is 0.317 e. The zero-order valence-corrected chi connectivity index (χ0v) is 12.5. The summed E-state index contributed by atoms with van der Waals surface area (Å²) >= 11 is 0. The molecule has 0 spiro atoms. The maximum absolute atomic E-state index is 12.7. The number of allylic oxidation sites excluding steroid dienone is 2. The van der Waals surface area contributed by atoms with Crippen LogP contribution in [0.3, 0.4) is 0 Å². The highest BCUT2D eigenvalue weighted by atomic mass is 16.4. The first kappa shape index (κ1) is 14.6. The molecule has 0 atom stereocenters. The standard InChI is InChI=1S/C16H24N2O3/c19-15(10-17(11-16(20)21)12-6-7-12)18(14-8-9-14)13-4-2-1-3-5-13/h4,12,14H,1-3,5-11H2,(H,20,21). The van der Waals surface area contributed by atoms with E-state index in [1.165, 1.54) is 12.1 Å². The molecule has 0 radical (unpaired) electrons. The van der Waals surface area contributed by atoms with Crippen LogP contribution in [0.15, 0.2) is 11.8 Å². The molecule has 0 aliphatic heterocycles. The molecule has 21 heavy (non-hydrogen) atoms. The lowest BCUT2D eigenvalue weighted by molar-refractivity contribution is -0.139. The van der Waals surface area contributed by atoms with Crippen molar-refractivity contribution in [1.82, 2.24) is 9.80 Å². The first-order valence-electron chi connectivity index (χ1n) is 8.12. The number of rotatable bonds is 7. The predicted molar refractivity (Wildman–Crippen MR) is 78.6 cm³/mol. The van der Waals surface area contributed by atoms with Gasteiger partial charge in [0, 0.05) is 17.8 Å². The third kappa shape index (κ3) is 3.84. The minimum absolute atomic E-state index is 0.0199. The van der Waals surface area contributed by atoms with E-state index in [-0.39, 0.29) is 19.0 Å². The Morgan fingerprint density at radius 2 is 1.81 bits per heavy atom. The number of aliphatic carboxylic acids is 1. The van der Waals surface area contributed by atoms with Crippen LogP contribution in [0.5, 0.6) is 0 Å². The van der Waals surface area contributed by atoms with Crippen molar-refractivity contribution in [3.8, 4) is 0 Å². The van der Waals surface area contributed by atoms with Gasteiger partial charge in [-0.1, -0.05) is 6.08 Å². The van der Waals surface area contributed by atoms with E-state index in [9.17, 15) is 9.59 Å². The molecule has 0 heterocycles. The molecule has 0 unspecified atom stereocenters. The second kappa shape index (κ2) is 6.18. The Labute approximate surface area is 125 Å². The van der Waals surface area contributed by atoms with Crippen LogP contribution in [-0.2, 0) is 9.59 Å². The lowest BCUT2D eigenvalue weighted by Gasteiger charge is -2.30. The van der Waals surface area contributed by atoms with Crippen LogP contribution in [0.1, 0.15) is 51.4 Å². The molecular formula is C16H24N2O3. The van der Waals surface area contributed by atoms with Gasteiger partial charge in [-0.2, -0.15) is 0 Å². The Balaban J connectivity index is 1.65. The Kier molecular flexibility index (Phi) is 4.29. The molecule has 2 fully saturated rings. The van der Waals surface area contributed by atoms with E-state index in [1.54, 1.807) is 0 Å².